The second-order valence-corrected chi connectivity index (χ2v) is 7.43. The molecule has 2 rings (SSSR count). The Labute approximate surface area is 142 Å². The average Bonchev–Trinajstić information content (AvgIpc) is 2.69. The van der Waals surface area contributed by atoms with E-state index in [2.05, 4.69) is 9.82 Å². The third kappa shape index (κ3) is 3.73. The molecule has 24 heavy (non-hydrogen) atoms. The van der Waals surface area contributed by atoms with Crippen molar-refractivity contribution in [2.45, 2.75) is 32.6 Å². The topological polar surface area (TPSA) is 81.1 Å². The van der Waals surface area contributed by atoms with Gasteiger partial charge in [0.2, 0.25) is 0 Å². The van der Waals surface area contributed by atoms with Crippen molar-refractivity contribution in [3.05, 3.63) is 52.4 Å². The molecule has 0 fully saturated rings. The summed E-state index contributed by atoms with van der Waals surface area (Å²) in [6.07, 6.45) is 2.78. The number of nitrogens with one attached hydrogen (secondary N) is 1. The molecule has 0 radical (unpaired) electrons. The van der Waals surface area contributed by atoms with Gasteiger partial charge in [0.1, 0.15) is 0 Å². The molecule has 1 N–H and O–H groups in total. The van der Waals surface area contributed by atoms with Gasteiger partial charge in [0.25, 0.3) is 15.9 Å². The standard InChI is InChI=1S/C17H21N3O3S/c1-11-6-8-16(12(2)10-11)24(22,23)19-17(21)9-7-15-13(3)18-20(5)14(15)4/h6-10H,1-5H3,(H,19,21). The van der Waals surface area contributed by atoms with Gasteiger partial charge in [0, 0.05) is 24.4 Å². The lowest BCUT2D eigenvalue weighted by Crippen LogP contribution is -2.29. The highest BCUT2D eigenvalue weighted by atomic mass is 32.2. The Morgan fingerprint density at radius 3 is 2.42 bits per heavy atom. The van der Waals surface area contributed by atoms with Crippen LogP contribution in [-0.4, -0.2) is 24.1 Å². The van der Waals surface area contributed by atoms with Crippen LogP contribution in [-0.2, 0) is 21.9 Å². The van der Waals surface area contributed by atoms with E-state index in [1.54, 1.807) is 29.8 Å². The number of carbonyl (C=O) groups excluding carboxylic acids is 1. The first-order chi connectivity index (χ1) is 11.1. The summed E-state index contributed by atoms with van der Waals surface area (Å²) in [6, 6.07) is 4.96. The van der Waals surface area contributed by atoms with Crippen molar-refractivity contribution in [1.82, 2.24) is 14.5 Å². The first-order valence-electron chi connectivity index (χ1n) is 7.44. The van der Waals surface area contributed by atoms with Crippen molar-refractivity contribution in [3.8, 4) is 0 Å². The fourth-order valence-electron chi connectivity index (χ4n) is 2.51. The van der Waals surface area contributed by atoms with E-state index in [4.69, 9.17) is 0 Å². The monoisotopic (exact) mass is 347 g/mol. The number of carbonyl (C=O) groups is 1. The van der Waals surface area contributed by atoms with Gasteiger partial charge in [-0.15, -0.1) is 0 Å². The van der Waals surface area contributed by atoms with E-state index in [0.29, 0.717) is 5.56 Å². The number of amides is 1. The summed E-state index contributed by atoms with van der Waals surface area (Å²) in [7, 11) is -2.09. The molecular formula is C17H21N3O3S. The SMILES string of the molecule is Cc1ccc(S(=O)(=O)NC(=O)C=Cc2c(C)nn(C)c2C)c(C)c1. The van der Waals surface area contributed by atoms with Crippen LogP contribution in [0.3, 0.4) is 0 Å². The van der Waals surface area contributed by atoms with Crippen molar-refractivity contribution in [2.24, 2.45) is 7.05 Å². The lowest BCUT2D eigenvalue weighted by Gasteiger charge is -2.08. The van der Waals surface area contributed by atoms with Crippen molar-refractivity contribution in [3.63, 3.8) is 0 Å². The zero-order chi connectivity index (χ0) is 18.1. The Bertz CT molecular complexity index is 925. The number of aromatic nitrogens is 2. The van der Waals surface area contributed by atoms with Gasteiger partial charge in [-0.2, -0.15) is 5.10 Å². The van der Waals surface area contributed by atoms with Gasteiger partial charge < -0.3 is 0 Å². The van der Waals surface area contributed by atoms with Crippen LogP contribution in [0.5, 0.6) is 0 Å². The van der Waals surface area contributed by atoms with Gasteiger partial charge >= 0.3 is 0 Å². The molecule has 128 valence electrons. The zero-order valence-corrected chi connectivity index (χ0v) is 15.2. The second kappa shape index (κ2) is 6.60. The first-order valence-corrected chi connectivity index (χ1v) is 8.92. The maximum atomic E-state index is 12.3. The normalized spacial score (nSPS) is 11.9. The maximum Gasteiger partial charge on any atom is 0.264 e. The molecule has 7 heteroatoms. The Hall–Kier alpha value is -2.41. The van der Waals surface area contributed by atoms with Crippen LogP contribution < -0.4 is 4.72 Å². The molecule has 0 atom stereocenters. The summed E-state index contributed by atoms with van der Waals surface area (Å²) in [5.74, 6) is -0.697. The van der Waals surface area contributed by atoms with Crippen LogP contribution in [0.2, 0.25) is 0 Å². The van der Waals surface area contributed by atoms with Crippen molar-refractivity contribution in [1.29, 1.82) is 0 Å². The summed E-state index contributed by atoms with van der Waals surface area (Å²) < 4.78 is 28.5. The second-order valence-electron chi connectivity index (χ2n) is 5.78. The fraction of sp³-hybridized carbons (Fsp3) is 0.294. The van der Waals surface area contributed by atoms with Gasteiger partial charge in [-0.05, 0) is 45.4 Å². The van der Waals surface area contributed by atoms with Gasteiger partial charge in [-0.1, -0.05) is 17.7 Å². The molecule has 0 bridgehead atoms. The van der Waals surface area contributed by atoms with Crippen molar-refractivity contribution >= 4 is 22.0 Å². The van der Waals surface area contributed by atoms with Gasteiger partial charge in [-0.25, -0.2) is 13.1 Å². The van der Waals surface area contributed by atoms with Crippen LogP contribution >= 0.6 is 0 Å². The number of sulfonamides is 1. The number of hydrogen-bond acceptors (Lipinski definition) is 4. The Kier molecular flexibility index (Phi) is 4.94. The number of rotatable bonds is 4. The fourth-order valence-corrected chi connectivity index (χ4v) is 3.69. The highest BCUT2D eigenvalue weighted by Crippen LogP contribution is 2.17. The molecule has 1 heterocycles. The van der Waals surface area contributed by atoms with E-state index in [9.17, 15) is 13.2 Å². The smallest absolute Gasteiger partial charge is 0.264 e. The first kappa shape index (κ1) is 17.9. The van der Waals surface area contributed by atoms with Crippen molar-refractivity contribution in [2.75, 3.05) is 0 Å². The highest BCUT2D eigenvalue weighted by Gasteiger charge is 2.18. The van der Waals surface area contributed by atoms with E-state index >= 15 is 0 Å². The van der Waals surface area contributed by atoms with Crippen LogP contribution in [0.4, 0.5) is 0 Å². The van der Waals surface area contributed by atoms with Crippen LogP contribution in [0.25, 0.3) is 6.08 Å². The molecule has 0 aliphatic heterocycles. The molecule has 0 aliphatic carbocycles. The zero-order valence-electron chi connectivity index (χ0n) is 14.4. The largest absolute Gasteiger partial charge is 0.272 e. The maximum absolute atomic E-state index is 12.3. The van der Waals surface area contributed by atoms with Gasteiger partial charge in [0.15, 0.2) is 0 Å². The van der Waals surface area contributed by atoms with E-state index in [0.717, 1.165) is 22.5 Å². The molecule has 1 aromatic carbocycles. The average molecular weight is 347 g/mol. The van der Waals surface area contributed by atoms with Crippen LogP contribution in [0, 0.1) is 27.7 Å². The molecule has 6 nitrogen and oxygen atoms in total. The predicted molar refractivity (Wildman–Crippen MR) is 93.0 cm³/mol. The van der Waals surface area contributed by atoms with Gasteiger partial charge in [-0.3, -0.25) is 9.48 Å². The quantitative estimate of drug-likeness (QED) is 0.860. The molecule has 0 aliphatic rings. The number of nitrogens with zero attached hydrogens (tertiary/aromatic N) is 2. The number of hydrogen-bond donors (Lipinski definition) is 1. The lowest BCUT2D eigenvalue weighted by molar-refractivity contribution is -0.114. The minimum atomic E-state index is -3.90. The third-order valence-electron chi connectivity index (χ3n) is 3.82. The summed E-state index contributed by atoms with van der Waals surface area (Å²) >= 11 is 0. The molecule has 1 aromatic heterocycles. The van der Waals surface area contributed by atoms with E-state index in [-0.39, 0.29) is 4.90 Å². The summed E-state index contributed by atoms with van der Waals surface area (Å²) in [5, 5.41) is 4.25. The number of benzene rings is 1. The molecule has 0 saturated carbocycles. The predicted octanol–water partition coefficient (Wildman–Crippen LogP) is 2.17. The molecule has 0 unspecified atom stereocenters. The van der Waals surface area contributed by atoms with Crippen molar-refractivity contribution < 1.29 is 13.2 Å². The minimum Gasteiger partial charge on any atom is -0.272 e. The van der Waals surface area contributed by atoms with E-state index in [1.807, 2.05) is 27.8 Å². The van der Waals surface area contributed by atoms with E-state index in [1.165, 1.54) is 12.1 Å². The minimum absolute atomic E-state index is 0.101. The van der Waals surface area contributed by atoms with Crippen LogP contribution in [0.1, 0.15) is 28.1 Å². The highest BCUT2D eigenvalue weighted by molar-refractivity contribution is 7.90. The molecule has 0 spiro atoms. The Morgan fingerprint density at radius 1 is 1.21 bits per heavy atom. The summed E-state index contributed by atoms with van der Waals surface area (Å²) in [6.45, 7) is 7.29. The van der Waals surface area contributed by atoms with Gasteiger partial charge in [0.05, 0.1) is 10.6 Å². The molecule has 0 saturated heterocycles. The van der Waals surface area contributed by atoms with Crippen LogP contribution in [0.15, 0.2) is 29.2 Å². The Morgan fingerprint density at radius 2 is 1.88 bits per heavy atom. The molecule has 2 aromatic rings. The summed E-state index contributed by atoms with van der Waals surface area (Å²) in [5.41, 5.74) is 4.03. The molecular weight excluding hydrogens is 326 g/mol. The Balaban J connectivity index is 2.21. The van der Waals surface area contributed by atoms with E-state index < -0.39 is 15.9 Å². The lowest BCUT2D eigenvalue weighted by atomic mass is 10.2. The molecule has 1 amide bonds. The summed E-state index contributed by atoms with van der Waals surface area (Å²) in [4.78, 5) is 12.1. The number of aryl methyl sites for hydroxylation is 4. The third-order valence-corrected chi connectivity index (χ3v) is 5.33.